The number of aldehydes is 1. The number of hydrogen-bond donors (Lipinski definition) is 0. The van der Waals surface area contributed by atoms with Crippen molar-refractivity contribution in [1.82, 2.24) is 9.78 Å². The first kappa shape index (κ1) is 8.77. The quantitative estimate of drug-likeness (QED) is 0.632. The molecule has 0 aliphatic carbocycles. The van der Waals surface area contributed by atoms with Gasteiger partial charge in [-0.05, 0) is 6.42 Å². The van der Waals surface area contributed by atoms with Gasteiger partial charge in [0.1, 0.15) is 5.69 Å². The van der Waals surface area contributed by atoms with E-state index in [-0.39, 0.29) is 0 Å². The topological polar surface area (TPSA) is 44.1 Å². The number of rotatable bonds is 4. The van der Waals surface area contributed by atoms with Crippen molar-refractivity contribution < 1.29 is 9.53 Å². The summed E-state index contributed by atoms with van der Waals surface area (Å²) in [6.07, 6.45) is 3.27. The maximum Gasteiger partial charge on any atom is 0.171 e. The van der Waals surface area contributed by atoms with Crippen LogP contribution in [0.3, 0.4) is 0 Å². The van der Waals surface area contributed by atoms with Crippen LogP contribution in [0.4, 0.5) is 0 Å². The molecule has 0 aromatic carbocycles. The van der Waals surface area contributed by atoms with Gasteiger partial charge < -0.3 is 4.74 Å². The van der Waals surface area contributed by atoms with E-state index in [2.05, 4.69) is 5.10 Å². The van der Waals surface area contributed by atoms with E-state index < -0.39 is 0 Å². The van der Waals surface area contributed by atoms with Crippen LogP contribution in [0.1, 0.15) is 23.8 Å². The number of aryl methyl sites for hydroxylation is 1. The lowest BCUT2D eigenvalue weighted by Crippen LogP contribution is -2.03. The van der Waals surface area contributed by atoms with Crippen LogP contribution in [0.2, 0.25) is 0 Å². The first-order valence-corrected chi connectivity index (χ1v) is 3.88. The summed E-state index contributed by atoms with van der Waals surface area (Å²) in [5.74, 6) is 0.540. The Morgan fingerprint density at radius 3 is 3.00 bits per heavy atom. The summed E-state index contributed by atoms with van der Waals surface area (Å²) >= 11 is 0. The maximum atomic E-state index is 10.6. The van der Waals surface area contributed by atoms with Crippen LogP contribution >= 0.6 is 0 Å². The summed E-state index contributed by atoms with van der Waals surface area (Å²) in [6.45, 7) is 2.78. The predicted octanol–water partition coefficient (Wildman–Crippen LogP) is 1.11. The fourth-order valence-corrected chi connectivity index (χ4v) is 1.04. The molecule has 0 bridgehead atoms. The molecule has 1 aromatic heterocycles. The number of nitrogens with zero attached hydrogens (tertiary/aromatic N) is 2. The van der Waals surface area contributed by atoms with Gasteiger partial charge in [-0.3, -0.25) is 9.48 Å². The van der Waals surface area contributed by atoms with Crippen LogP contribution in [0.15, 0.2) is 6.20 Å². The summed E-state index contributed by atoms with van der Waals surface area (Å²) in [5, 5.41) is 4.01. The van der Waals surface area contributed by atoms with Gasteiger partial charge in [0.2, 0.25) is 0 Å². The Labute approximate surface area is 71.1 Å². The van der Waals surface area contributed by atoms with Gasteiger partial charge in [0.15, 0.2) is 12.0 Å². The molecule has 0 saturated carbocycles. The van der Waals surface area contributed by atoms with Gasteiger partial charge in [-0.1, -0.05) is 6.92 Å². The molecule has 0 unspecified atom stereocenters. The van der Waals surface area contributed by atoms with Crippen molar-refractivity contribution in [2.75, 3.05) is 7.11 Å². The predicted molar refractivity (Wildman–Crippen MR) is 44.5 cm³/mol. The minimum atomic E-state index is 0.513. The highest BCUT2D eigenvalue weighted by molar-refractivity contribution is 5.76. The summed E-state index contributed by atoms with van der Waals surface area (Å²) in [4.78, 5) is 10.6. The highest BCUT2D eigenvalue weighted by Gasteiger charge is 2.08. The van der Waals surface area contributed by atoms with Gasteiger partial charge in [0.25, 0.3) is 0 Å². The third kappa shape index (κ3) is 1.47. The number of methoxy groups -OCH3 is 1. The molecule has 0 spiro atoms. The minimum absolute atomic E-state index is 0.513. The average molecular weight is 168 g/mol. The lowest BCUT2D eigenvalue weighted by Gasteiger charge is -2.00. The molecule has 1 rings (SSSR count). The van der Waals surface area contributed by atoms with Crippen molar-refractivity contribution in [3.05, 3.63) is 11.9 Å². The lowest BCUT2D eigenvalue weighted by atomic mass is 10.4. The Balaban J connectivity index is 2.96. The molecule has 0 aliphatic rings. The molecule has 0 fully saturated rings. The van der Waals surface area contributed by atoms with Crippen molar-refractivity contribution in [3.63, 3.8) is 0 Å². The second-order valence-corrected chi connectivity index (χ2v) is 2.44. The van der Waals surface area contributed by atoms with Gasteiger partial charge in [0.05, 0.1) is 13.3 Å². The largest absolute Gasteiger partial charge is 0.493 e. The van der Waals surface area contributed by atoms with Crippen molar-refractivity contribution in [1.29, 1.82) is 0 Å². The molecule has 0 amide bonds. The first-order chi connectivity index (χ1) is 5.83. The van der Waals surface area contributed by atoms with Crippen molar-refractivity contribution in [2.45, 2.75) is 19.9 Å². The summed E-state index contributed by atoms with van der Waals surface area (Å²) in [5.41, 5.74) is 0.513. The highest BCUT2D eigenvalue weighted by Crippen LogP contribution is 2.14. The SMILES string of the molecule is CCCn1ncc(OC)c1C=O. The Morgan fingerprint density at radius 1 is 1.75 bits per heavy atom. The van der Waals surface area contributed by atoms with E-state index in [9.17, 15) is 4.79 Å². The van der Waals surface area contributed by atoms with Gasteiger partial charge in [-0.25, -0.2) is 0 Å². The molecule has 0 atom stereocenters. The Morgan fingerprint density at radius 2 is 2.50 bits per heavy atom. The molecule has 12 heavy (non-hydrogen) atoms. The van der Waals surface area contributed by atoms with Gasteiger partial charge in [-0.2, -0.15) is 5.10 Å². The van der Waals surface area contributed by atoms with Crippen molar-refractivity contribution >= 4 is 6.29 Å². The van der Waals surface area contributed by atoms with Crippen LogP contribution in [0.5, 0.6) is 5.75 Å². The molecule has 1 aromatic rings. The van der Waals surface area contributed by atoms with E-state index in [4.69, 9.17) is 4.74 Å². The zero-order chi connectivity index (χ0) is 8.97. The molecule has 0 N–H and O–H groups in total. The highest BCUT2D eigenvalue weighted by atomic mass is 16.5. The smallest absolute Gasteiger partial charge is 0.171 e. The number of carbonyl (C=O) groups is 1. The van der Waals surface area contributed by atoms with Crippen LogP contribution < -0.4 is 4.74 Å². The van der Waals surface area contributed by atoms with E-state index in [1.54, 1.807) is 10.9 Å². The second-order valence-electron chi connectivity index (χ2n) is 2.44. The molecule has 0 saturated heterocycles. The van der Waals surface area contributed by atoms with Gasteiger partial charge in [-0.15, -0.1) is 0 Å². The average Bonchev–Trinajstić information content (AvgIpc) is 2.47. The van der Waals surface area contributed by atoms with Crippen molar-refractivity contribution in [3.8, 4) is 5.75 Å². The number of ether oxygens (including phenoxy) is 1. The Kier molecular flexibility index (Phi) is 2.85. The molecular weight excluding hydrogens is 156 g/mol. The van der Waals surface area contributed by atoms with Gasteiger partial charge in [0, 0.05) is 6.54 Å². The summed E-state index contributed by atoms with van der Waals surface area (Å²) in [6, 6.07) is 0. The van der Waals surface area contributed by atoms with Crippen molar-refractivity contribution in [2.24, 2.45) is 0 Å². The van der Waals surface area contributed by atoms with E-state index in [1.807, 2.05) is 6.92 Å². The molecule has 66 valence electrons. The fraction of sp³-hybridized carbons (Fsp3) is 0.500. The molecule has 4 nitrogen and oxygen atoms in total. The zero-order valence-corrected chi connectivity index (χ0v) is 7.28. The van der Waals surface area contributed by atoms with Gasteiger partial charge >= 0.3 is 0 Å². The molecule has 4 heteroatoms. The number of hydrogen-bond acceptors (Lipinski definition) is 3. The van der Waals surface area contributed by atoms with Crippen LogP contribution in [-0.4, -0.2) is 23.2 Å². The monoisotopic (exact) mass is 168 g/mol. The molecular formula is C8H12N2O2. The third-order valence-electron chi connectivity index (χ3n) is 1.61. The van der Waals surface area contributed by atoms with Crippen LogP contribution in [-0.2, 0) is 6.54 Å². The first-order valence-electron chi connectivity index (χ1n) is 3.88. The zero-order valence-electron chi connectivity index (χ0n) is 7.28. The number of carbonyl (C=O) groups excluding carboxylic acids is 1. The Bertz CT molecular complexity index is 268. The normalized spacial score (nSPS) is 9.83. The third-order valence-corrected chi connectivity index (χ3v) is 1.61. The van der Waals surface area contributed by atoms with Crippen LogP contribution in [0.25, 0.3) is 0 Å². The second kappa shape index (κ2) is 3.90. The van der Waals surface area contributed by atoms with E-state index in [0.29, 0.717) is 11.4 Å². The van der Waals surface area contributed by atoms with E-state index in [1.165, 1.54) is 7.11 Å². The summed E-state index contributed by atoms with van der Waals surface area (Å²) < 4.78 is 6.59. The lowest BCUT2D eigenvalue weighted by molar-refractivity contribution is 0.111. The molecule has 0 radical (unpaired) electrons. The summed E-state index contributed by atoms with van der Waals surface area (Å²) in [7, 11) is 1.53. The number of aromatic nitrogens is 2. The van der Waals surface area contributed by atoms with Crippen LogP contribution in [0, 0.1) is 0 Å². The fourth-order valence-electron chi connectivity index (χ4n) is 1.04. The Hall–Kier alpha value is -1.32. The van der Waals surface area contributed by atoms with E-state index >= 15 is 0 Å². The maximum absolute atomic E-state index is 10.6. The standard InChI is InChI=1S/C8H12N2O2/c1-3-4-10-7(6-11)8(12-2)5-9-10/h5-6H,3-4H2,1-2H3. The van der Waals surface area contributed by atoms with E-state index in [0.717, 1.165) is 19.3 Å². The molecule has 0 aliphatic heterocycles. The minimum Gasteiger partial charge on any atom is -0.493 e. The molecule has 1 heterocycles.